The van der Waals surface area contributed by atoms with Gasteiger partial charge in [0, 0.05) is 16.9 Å². The lowest BCUT2D eigenvalue weighted by molar-refractivity contribution is -0.113. The minimum atomic E-state index is -0.844. The lowest BCUT2D eigenvalue weighted by Crippen LogP contribution is -2.41. The Labute approximate surface area is 215 Å². The lowest BCUT2D eigenvalue weighted by Gasteiger charge is -2.23. The maximum absolute atomic E-state index is 14.0. The maximum Gasteiger partial charge on any atom is 0.272 e. The third kappa shape index (κ3) is 3.66. The lowest BCUT2D eigenvalue weighted by atomic mass is 10.00. The second kappa shape index (κ2) is 8.56. The van der Waals surface area contributed by atoms with Crippen LogP contribution in [0.4, 0.5) is 11.4 Å². The number of carbonyl (C=O) groups is 2. The van der Waals surface area contributed by atoms with Crippen molar-refractivity contribution in [1.82, 2.24) is 4.57 Å². The van der Waals surface area contributed by atoms with Gasteiger partial charge in [-0.05, 0) is 50.6 Å². The first-order valence-electron chi connectivity index (χ1n) is 11.7. The van der Waals surface area contributed by atoms with Crippen LogP contribution < -0.4 is 25.5 Å². The molecule has 184 valence electrons. The molecule has 2 aromatic heterocycles. The Morgan fingerprint density at radius 2 is 1.78 bits per heavy atom. The van der Waals surface area contributed by atoms with Gasteiger partial charge in [-0.2, -0.15) is 0 Å². The second-order valence-corrected chi connectivity index (χ2v) is 9.97. The van der Waals surface area contributed by atoms with Gasteiger partial charge < -0.3 is 15.1 Å². The molecule has 0 saturated heterocycles. The van der Waals surface area contributed by atoms with Gasteiger partial charge in [0.05, 0.1) is 16.8 Å². The number of allylic oxidation sites excluding steroid dienone is 1. The quantitative estimate of drug-likeness (QED) is 0.441. The Bertz CT molecular complexity index is 1840. The van der Waals surface area contributed by atoms with Crippen molar-refractivity contribution in [2.24, 2.45) is 4.99 Å². The highest BCUT2D eigenvalue weighted by Crippen LogP contribution is 2.33. The number of carbonyl (C=O) groups excluding carboxylic acids is 2. The van der Waals surface area contributed by atoms with E-state index in [-0.39, 0.29) is 16.3 Å². The number of nitrogens with zero attached hydrogens (tertiary/aromatic N) is 2. The number of thiazole rings is 1. The standard InChI is InChI=1S/C28H22N4O4S/c1-14-8-4-6-10-18(14)30-25(33)21-16(3)29-28-32(23(21)20-13-12-15(2)36-20)27(35)24(37-28)22-17-9-5-7-11-19(17)31-26(22)34/h4-13,23H,1-3H3,(H,30,33)(H,31,34)/b24-22-/t23-/m0/s1. The van der Waals surface area contributed by atoms with Gasteiger partial charge in [0.2, 0.25) is 0 Å². The molecule has 0 aliphatic carbocycles. The summed E-state index contributed by atoms with van der Waals surface area (Å²) in [5, 5.41) is 5.80. The minimum absolute atomic E-state index is 0.267. The fourth-order valence-electron chi connectivity index (χ4n) is 4.78. The fourth-order valence-corrected chi connectivity index (χ4v) is 5.92. The summed E-state index contributed by atoms with van der Waals surface area (Å²) < 4.78 is 7.68. The molecule has 0 saturated carbocycles. The molecule has 2 amide bonds. The third-order valence-electron chi connectivity index (χ3n) is 6.56. The van der Waals surface area contributed by atoms with Gasteiger partial charge >= 0.3 is 0 Å². The van der Waals surface area contributed by atoms with Crippen LogP contribution in [0.15, 0.2) is 86.1 Å². The highest BCUT2D eigenvalue weighted by atomic mass is 32.1. The number of aromatic nitrogens is 1. The average molecular weight is 511 g/mol. The molecule has 2 aromatic carbocycles. The summed E-state index contributed by atoms with van der Waals surface area (Å²) >= 11 is 1.13. The Morgan fingerprint density at radius 1 is 1.03 bits per heavy atom. The van der Waals surface area contributed by atoms with Gasteiger partial charge in [0.15, 0.2) is 4.80 Å². The first kappa shape index (κ1) is 22.9. The third-order valence-corrected chi connectivity index (χ3v) is 7.62. The molecule has 6 rings (SSSR count). The van der Waals surface area contributed by atoms with Crippen molar-refractivity contribution in [3.05, 3.63) is 114 Å². The normalized spacial score (nSPS) is 17.7. The number of nitrogens with one attached hydrogen (secondary N) is 2. The van der Waals surface area contributed by atoms with E-state index < -0.39 is 11.6 Å². The van der Waals surface area contributed by atoms with Crippen LogP contribution in [0.1, 0.15) is 35.6 Å². The minimum Gasteiger partial charge on any atom is -0.464 e. The number of para-hydroxylation sites is 2. The molecule has 8 nitrogen and oxygen atoms in total. The van der Waals surface area contributed by atoms with E-state index in [4.69, 9.17) is 4.42 Å². The van der Waals surface area contributed by atoms with Gasteiger partial charge in [-0.25, -0.2) is 4.99 Å². The highest BCUT2D eigenvalue weighted by Gasteiger charge is 2.36. The highest BCUT2D eigenvalue weighted by molar-refractivity contribution is 7.07. The van der Waals surface area contributed by atoms with Gasteiger partial charge in [0.25, 0.3) is 17.4 Å². The number of aryl methyl sites for hydroxylation is 2. The first-order valence-corrected chi connectivity index (χ1v) is 12.5. The van der Waals surface area contributed by atoms with Crippen LogP contribution in [0.5, 0.6) is 0 Å². The molecule has 0 spiro atoms. The van der Waals surface area contributed by atoms with Crippen LogP contribution in [0.25, 0.3) is 5.57 Å². The van der Waals surface area contributed by atoms with Gasteiger partial charge in [-0.15, -0.1) is 0 Å². The number of hydrogen-bond acceptors (Lipinski definition) is 6. The van der Waals surface area contributed by atoms with E-state index in [1.807, 2.05) is 43.3 Å². The van der Waals surface area contributed by atoms with Crippen molar-refractivity contribution < 1.29 is 14.0 Å². The van der Waals surface area contributed by atoms with E-state index in [0.717, 1.165) is 16.9 Å². The Morgan fingerprint density at radius 3 is 2.54 bits per heavy atom. The fraction of sp³-hybridized carbons (Fsp3) is 0.143. The molecule has 0 radical (unpaired) electrons. The summed E-state index contributed by atoms with van der Waals surface area (Å²) in [6.07, 6.45) is 0. The predicted octanol–water partition coefficient (Wildman–Crippen LogP) is 3.41. The molecule has 1 atom stereocenters. The molecule has 4 aromatic rings. The molecule has 2 N–H and O–H groups in total. The summed E-state index contributed by atoms with van der Waals surface area (Å²) in [7, 11) is 0. The monoisotopic (exact) mass is 510 g/mol. The molecule has 0 unspecified atom stereocenters. The Balaban J connectivity index is 1.57. The summed E-state index contributed by atoms with van der Waals surface area (Å²) in [6, 6.07) is 17.4. The average Bonchev–Trinajstić information content (AvgIpc) is 3.54. The number of amides is 2. The summed E-state index contributed by atoms with van der Waals surface area (Å²) in [5.74, 6) is 0.370. The molecule has 2 aliphatic heterocycles. The zero-order valence-corrected chi connectivity index (χ0v) is 21.1. The molecule has 0 bridgehead atoms. The van der Waals surface area contributed by atoms with Gasteiger partial charge in [-0.3, -0.25) is 19.0 Å². The molecule has 0 fully saturated rings. The van der Waals surface area contributed by atoms with E-state index in [2.05, 4.69) is 15.6 Å². The second-order valence-electron chi connectivity index (χ2n) is 8.99. The molecular weight excluding hydrogens is 488 g/mol. The number of rotatable bonds is 3. The number of furan rings is 1. The van der Waals surface area contributed by atoms with Crippen LogP contribution in [0, 0.1) is 13.8 Å². The van der Waals surface area contributed by atoms with Crippen LogP contribution in [0.3, 0.4) is 0 Å². The molecule has 37 heavy (non-hydrogen) atoms. The largest absolute Gasteiger partial charge is 0.464 e. The molecule has 2 aliphatic rings. The van der Waals surface area contributed by atoms with E-state index in [1.54, 1.807) is 38.1 Å². The number of benzene rings is 2. The maximum atomic E-state index is 14.0. The van der Waals surface area contributed by atoms with Crippen molar-refractivity contribution in [3.8, 4) is 0 Å². The Kier molecular flexibility index (Phi) is 5.31. The van der Waals surface area contributed by atoms with Crippen LogP contribution in [-0.4, -0.2) is 16.4 Å². The zero-order valence-electron chi connectivity index (χ0n) is 20.3. The molecular formula is C28H22N4O4S. The van der Waals surface area contributed by atoms with Crippen molar-refractivity contribution in [1.29, 1.82) is 0 Å². The van der Waals surface area contributed by atoms with Crippen molar-refractivity contribution in [2.45, 2.75) is 26.8 Å². The van der Waals surface area contributed by atoms with Crippen LogP contribution in [0.2, 0.25) is 0 Å². The predicted molar refractivity (Wildman–Crippen MR) is 141 cm³/mol. The number of hydrogen-bond donors (Lipinski definition) is 2. The topological polar surface area (TPSA) is 106 Å². The van der Waals surface area contributed by atoms with Gasteiger partial charge in [0.1, 0.15) is 22.1 Å². The zero-order chi connectivity index (χ0) is 25.8. The van der Waals surface area contributed by atoms with Gasteiger partial charge in [-0.1, -0.05) is 47.7 Å². The summed E-state index contributed by atoms with van der Waals surface area (Å²) in [4.78, 5) is 45.6. The van der Waals surface area contributed by atoms with Crippen molar-refractivity contribution >= 4 is 40.1 Å². The van der Waals surface area contributed by atoms with E-state index in [9.17, 15) is 14.4 Å². The number of fused-ring (bicyclic) bond motifs is 2. The Hall–Kier alpha value is -4.50. The summed E-state index contributed by atoms with van der Waals surface area (Å²) in [6.45, 7) is 5.46. The SMILES string of the molecule is CC1=C(C(=O)Nc2ccccc2C)[C@H](c2ccc(C)o2)n2c(s/c(=C3\C(=O)Nc4ccccc43)c2=O)=N1. The smallest absolute Gasteiger partial charge is 0.272 e. The van der Waals surface area contributed by atoms with Crippen molar-refractivity contribution in [3.63, 3.8) is 0 Å². The van der Waals surface area contributed by atoms with Crippen molar-refractivity contribution in [2.75, 3.05) is 10.6 Å². The molecule has 9 heteroatoms. The number of anilines is 2. The van der Waals surface area contributed by atoms with E-state index in [0.29, 0.717) is 50.1 Å². The first-order chi connectivity index (χ1) is 17.8. The van der Waals surface area contributed by atoms with E-state index in [1.165, 1.54) is 4.57 Å². The summed E-state index contributed by atoms with van der Waals surface area (Å²) in [5.41, 5.74) is 3.57. The van der Waals surface area contributed by atoms with Crippen LogP contribution in [-0.2, 0) is 9.59 Å². The van der Waals surface area contributed by atoms with Crippen LogP contribution >= 0.6 is 11.3 Å². The molecule has 4 heterocycles. The van der Waals surface area contributed by atoms with E-state index >= 15 is 0 Å².